The average Bonchev–Trinajstić information content (AvgIpc) is 3.37. The summed E-state index contributed by atoms with van der Waals surface area (Å²) in [4.78, 5) is 8.80. The topological polar surface area (TPSA) is 75.9 Å². The summed E-state index contributed by atoms with van der Waals surface area (Å²) < 4.78 is 29.3. The molecule has 2 aromatic heterocycles. The molecule has 0 saturated carbocycles. The van der Waals surface area contributed by atoms with E-state index >= 15 is 0 Å². The van der Waals surface area contributed by atoms with Crippen LogP contribution in [0.4, 0.5) is 8.78 Å². The monoisotopic (exact) mass is 407 g/mol. The molecule has 152 valence electrons. The molecular formula is C22H19F2N5O. The van der Waals surface area contributed by atoms with Gasteiger partial charge in [-0.15, -0.1) is 0 Å². The first-order chi connectivity index (χ1) is 14.5. The number of alkyl halides is 1. The molecule has 6 nitrogen and oxygen atoms in total. The molecule has 1 saturated heterocycles. The molecule has 0 aliphatic carbocycles. The van der Waals surface area contributed by atoms with Crippen molar-refractivity contribution in [3.63, 3.8) is 0 Å². The number of phenolic OH excluding ortho intramolecular Hbond substituents is 1. The summed E-state index contributed by atoms with van der Waals surface area (Å²) in [6, 6.07) is 4.71. The quantitative estimate of drug-likeness (QED) is 0.648. The molecule has 0 amide bonds. The molecular weight excluding hydrogens is 388 g/mol. The first-order valence-electron chi connectivity index (χ1n) is 9.63. The molecule has 2 unspecified atom stereocenters. The third-order valence-electron chi connectivity index (χ3n) is 5.69. The van der Waals surface area contributed by atoms with E-state index in [0.29, 0.717) is 34.6 Å². The van der Waals surface area contributed by atoms with Gasteiger partial charge in [0.05, 0.1) is 47.9 Å². The van der Waals surface area contributed by atoms with E-state index in [1.807, 2.05) is 12.2 Å². The van der Waals surface area contributed by atoms with Gasteiger partial charge in [-0.05, 0) is 24.1 Å². The molecule has 8 heteroatoms. The minimum Gasteiger partial charge on any atom is -0.507 e. The van der Waals surface area contributed by atoms with Gasteiger partial charge in [-0.3, -0.25) is 9.97 Å². The van der Waals surface area contributed by atoms with Crippen LogP contribution < -0.4 is 5.32 Å². The second-order valence-electron chi connectivity index (χ2n) is 7.59. The molecule has 2 N–H and O–H groups in total. The standard InChI is InChI=1S/C22H19F2N5O/c1-12(17-6-14-2-5-18(28-14)22(17)24)19-9-26-20(10-25-19)16-4-3-15(7-21(16)30)29-11-13(23)8-27-29/h2-5,7-11,14,17-18,22,28,30H,1,6H2/t14?,17-,18?,22+/m1/s1. The molecule has 2 aliphatic heterocycles. The van der Waals surface area contributed by atoms with Crippen molar-refractivity contribution < 1.29 is 13.9 Å². The molecule has 2 bridgehead atoms. The molecule has 1 fully saturated rings. The van der Waals surface area contributed by atoms with E-state index in [1.165, 1.54) is 23.1 Å². The van der Waals surface area contributed by atoms with Crippen LogP contribution in [-0.4, -0.2) is 43.1 Å². The van der Waals surface area contributed by atoms with Crippen LogP contribution >= 0.6 is 0 Å². The van der Waals surface area contributed by atoms with Crippen LogP contribution in [0.1, 0.15) is 12.1 Å². The van der Waals surface area contributed by atoms with E-state index in [-0.39, 0.29) is 23.8 Å². The number of nitrogens with zero attached hydrogens (tertiary/aromatic N) is 4. The second kappa shape index (κ2) is 7.14. The van der Waals surface area contributed by atoms with Crippen molar-refractivity contribution in [2.45, 2.75) is 24.7 Å². The Labute approximate surface area is 171 Å². The SMILES string of the molecule is C=C(c1cnc(-c2ccc(-n3cc(F)cn3)cc2O)cn1)[C@H]1CC2C=CC(N2)[C@H]1F. The van der Waals surface area contributed by atoms with Crippen molar-refractivity contribution in [3.8, 4) is 22.7 Å². The van der Waals surface area contributed by atoms with Gasteiger partial charge in [-0.25, -0.2) is 13.5 Å². The van der Waals surface area contributed by atoms with E-state index in [4.69, 9.17) is 0 Å². The number of hydrogen-bond donors (Lipinski definition) is 2. The summed E-state index contributed by atoms with van der Waals surface area (Å²) in [6.07, 6.45) is 8.85. The number of nitrogens with one attached hydrogen (secondary N) is 1. The van der Waals surface area contributed by atoms with Gasteiger partial charge in [-0.1, -0.05) is 18.7 Å². The lowest BCUT2D eigenvalue weighted by atomic mass is 9.83. The van der Waals surface area contributed by atoms with Crippen LogP contribution in [0.3, 0.4) is 0 Å². The number of aromatic nitrogens is 4. The summed E-state index contributed by atoms with van der Waals surface area (Å²) in [5.74, 6) is -0.819. The number of aromatic hydroxyl groups is 1. The maximum absolute atomic E-state index is 14.8. The fraction of sp³-hybridized carbons (Fsp3) is 0.227. The van der Waals surface area contributed by atoms with Crippen LogP contribution in [0.25, 0.3) is 22.5 Å². The van der Waals surface area contributed by atoms with E-state index in [9.17, 15) is 13.9 Å². The van der Waals surface area contributed by atoms with E-state index in [2.05, 4.69) is 27.0 Å². The third-order valence-corrected chi connectivity index (χ3v) is 5.69. The lowest BCUT2D eigenvalue weighted by Gasteiger charge is -2.33. The maximum atomic E-state index is 14.8. The van der Waals surface area contributed by atoms with Crippen molar-refractivity contribution in [3.05, 3.63) is 73.2 Å². The minimum atomic E-state index is -1.06. The lowest BCUT2D eigenvalue weighted by Crippen LogP contribution is -2.47. The van der Waals surface area contributed by atoms with E-state index < -0.39 is 12.0 Å². The van der Waals surface area contributed by atoms with Crippen molar-refractivity contribution in [1.82, 2.24) is 25.1 Å². The van der Waals surface area contributed by atoms with Crippen molar-refractivity contribution in [1.29, 1.82) is 0 Å². The number of benzene rings is 1. The summed E-state index contributed by atoms with van der Waals surface area (Å²) in [7, 11) is 0. The van der Waals surface area contributed by atoms with Crippen LogP contribution in [0, 0.1) is 11.7 Å². The number of fused-ring (bicyclic) bond motifs is 2. The normalized spacial score (nSPS) is 24.9. The van der Waals surface area contributed by atoms with Gasteiger partial charge in [0.1, 0.15) is 11.9 Å². The van der Waals surface area contributed by atoms with Crippen LogP contribution in [-0.2, 0) is 0 Å². The van der Waals surface area contributed by atoms with Crippen LogP contribution in [0.5, 0.6) is 5.75 Å². The highest BCUT2D eigenvalue weighted by molar-refractivity contribution is 5.69. The molecule has 4 atom stereocenters. The average molecular weight is 407 g/mol. The van der Waals surface area contributed by atoms with Gasteiger partial charge in [0, 0.05) is 23.6 Å². The molecule has 4 heterocycles. The Morgan fingerprint density at radius 1 is 1.20 bits per heavy atom. The van der Waals surface area contributed by atoms with Gasteiger partial charge in [0.15, 0.2) is 5.82 Å². The molecule has 2 aliphatic rings. The zero-order valence-electron chi connectivity index (χ0n) is 15.9. The molecule has 30 heavy (non-hydrogen) atoms. The molecule has 0 radical (unpaired) electrons. The zero-order chi connectivity index (χ0) is 20.8. The molecule has 3 aromatic rings. The Bertz CT molecular complexity index is 1140. The Morgan fingerprint density at radius 2 is 2.07 bits per heavy atom. The first kappa shape index (κ1) is 18.6. The van der Waals surface area contributed by atoms with Gasteiger partial charge in [0.2, 0.25) is 0 Å². The summed E-state index contributed by atoms with van der Waals surface area (Å²) >= 11 is 0. The fourth-order valence-electron chi connectivity index (χ4n) is 4.09. The summed E-state index contributed by atoms with van der Waals surface area (Å²) in [5.41, 5.74) is 2.62. The molecule has 0 spiro atoms. The van der Waals surface area contributed by atoms with Crippen molar-refractivity contribution >= 4 is 5.57 Å². The summed E-state index contributed by atoms with van der Waals surface area (Å²) in [6.45, 7) is 4.08. The van der Waals surface area contributed by atoms with Gasteiger partial charge >= 0.3 is 0 Å². The van der Waals surface area contributed by atoms with E-state index in [1.54, 1.807) is 18.3 Å². The Hall–Kier alpha value is -3.39. The highest BCUT2D eigenvalue weighted by Crippen LogP contribution is 2.37. The number of hydrogen-bond acceptors (Lipinski definition) is 5. The Kier molecular flexibility index (Phi) is 4.43. The predicted molar refractivity (Wildman–Crippen MR) is 108 cm³/mol. The molecule has 5 rings (SSSR count). The van der Waals surface area contributed by atoms with Crippen molar-refractivity contribution in [2.24, 2.45) is 5.92 Å². The highest BCUT2D eigenvalue weighted by atomic mass is 19.1. The first-order valence-corrected chi connectivity index (χ1v) is 9.63. The van der Waals surface area contributed by atoms with Gasteiger partial charge < -0.3 is 10.4 Å². The smallest absolute Gasteiger partial charge is 0.161 e. The van der Waals surface area contributed by atoms with Crippen LogP contribution in [0.2, 0.25) is 0 Å². The molecule has 1 aromatic carbocycles. The third kappa shape index (κ3) is 3.19. The highest BCUT2D eigenvalue weighted by Gasteiger charge is 2.40. The lowest BCUT2D eigenvalue weighted by molar-refractivity contribution is 0.179. The Balaban J connectivity index is 1.37. The number of phenols is 1. The zero-order valence-corrected chi connectivity index (χ0v) is 15.9. The minimum absolute atomic E-state index is 0.0332. The number of halogens is 2. The maximum Gasteiger partial charge on any atom is 0.161 e. The fourth-order valence-corrected chi connectivity index (χ4v) is 4.09. The largest absolute Gasteiger partial charge is 0.507 e. The Morgan fingerprint density at radius 3 is 2.77 bits per heavy atom. The van der Waals surface area contributed by atoms with Gasteiger partial charge in [0.25, 0.3) is 0 Å². The van der Waals surface area contributed by atoms with Crippen LogP contribution in [0.15, 0.2) is 61.7 Å². The second-order valence-corrected chi connectivity index (χ2v) is 7.59. The number of allylic oxidation sites excluding steroid dienone is 1. The number of piperidine rings is 1. The number of rotatable bonds is 4. The summed E-state index contributed by atoms with van der Waals surface area (Å²) in [5, 5.41) is 17.5. The van der Waals surface area contributed by atoms with Crippen molar-refractivity contribution in [2.75, 3.05) is 0 Å². The van der Waals surface area contributed by atoms with E-state index in [0.717, 1.165) is 6.20 Å². The predicted octanol–water partition coefficient (Wildman–Crippen LogP) is 3.44. The van der Waals surface area contributed by atoms with Gasteiger partial charge in [-0.2, -0.15) is 5.10 Å².